The van der Waals surface area contributed by atoms with Gasteiger partial charge in [0.2, 0.25) is 5.91 Å². The van der Waals surface area contributed by atoms with Crippen LogP contribution in [-0.4, -0.2) is 31.3 Å². The molecular weight excluding hydrogens is 187 g/mol. The summed E-state index contributed by atoms with van der Waals surface area (Å²) >= 11 is 0. The molecule has 0 spiro atoms. The molecule has 76 valence electrons. The maximum Gasteiger partial charge on any atom is 0.392 e. The molecule has 0 aliphatic heterocycles. The molecule has 0 heterocycles. The minimum Gasteiger partial charge on any atom is -0.275 e. The van der Waals surface area contributed by atoms with Crippen molar-refractivity contribution in [3.05, 3.63) is 0 Å². The number of alkyl halides is 3. The maximum atomic E-state index is 12.0. The van der Waals surface area contributed by atoms with Crippen LogP contribution in [0.3, 0.4) is 0 Å². The van der Waals surface area contributed by atoms with Crippen molar-refractivity contribution in [2.75, 3.05) is 14.2 Å². The summed E-state index contributed by atoms with van der Waals surface area (Å²) in [5.41, 5.74) is 0. The molecule has 6 heteroatoms. The van der Waals surface area contributed by atoms with Crippen molar-refractivity contribution < 1.29 is 22.8 Å². The predicted molar refractivity (Wildman–Crippen MR) is 37.4 cm³/mol. The lowest BCUT2D eigenvalue weighted by Gasteiger charge is -2.13. The Balaban J connectivity index is 2.47. The lowest BCUT2D eigenvalue weighted by atomic mass is 10.3. The van der Waals surface area contributed by atoms with Gasteiger partial charge in [0.05, 0.1) is 18.9 Å². The monoisotopic (exact) mass is 197 g/mol. The van der Waals surface area contributed by atoms with Crippen molar-refractivity contribution in [3.8, 4) is 0 Å². The van der Waals surface area contributed by atoms with Gasteiger partial charge in [-0.1, -0.05) is 0 Å². The Hall–Kier alpha value is -0.780. The van der Waals surface area contributed by atoms with E-state index in [1.54, 1.807) is 0 Å². The van der Waals surface area contributed by atoms with Crippen molar-refractivity contribution in [2.24, 2.45) is 11.8 Å². The van der Waals surface area contributed by atoms with Gasteiger partial charge in [-0.25, -0.2) is 5.06 Å². The van der Waals surface area contributed by atoms with Crippen LogP contribution in [0.15, 0.2) is 0 Å². The number of amides is 1. The van der Waals surface area contributed by atoms with Crippen LogP contribution in [0.2, 0.25) is 0 Å². The summed E-state index contributed by atoms with van der Waals surface area (Å²) in [4.78, 5) is 15.6. The number of carbonyl (C=O) groups is 1. The molecule has 2 unspecified atom stereocenters. The third-order valence-corrected chi connectivity index (χ3v) is 2.11. The SMILES string of the molecule is CON(C)C(=O)C1CC1C(F)(F)F. The van der Waals surface area contributed by atoms with Gasteiger partial charge in [0.1, 0.15) is 0 Å². The molecule has 2 atom stereocenters. The van der Waals surface area contributed by atoms with Crippen molar-refractivity contribution >= 4 is 5.91 Å². The van der Waals surface area contributed by atoms with Crippen molar-refractivity contribution in [1.82, 2.24) is 5.06 Å². The molecule has 1 amide bonds. The zero-order valence-corrected chi connectivity index (χ0v) is 7.26. The fourth-order valence-corrected chi connectivity index (χ4v) is 1.15. The lowest BCUT2D eigenvalue weighted by molar-refractivity contribution is -0.178. The maximum absolute atomic E-state index is 12.0. The van der Waals surface area contributed by atoms with Crippen molar-refractivity contribution in [2.45, 2.75) is 12.6 Å². The molecule has 3 nitrogen and oxygen atoms in total. The third-order valence-electron chi connectivity index (χ3n) is 2.11. The molecule has 1 saturated carbocycles. The molecule has 0 saturated heterocycles. The highest BCUT2D eigenvalue weighted by Crippen LogP contribution is 2.50. The van der Waals surface area contributed by atoms with Crippen LogP contribution in [0, 0.1) is 11.8 Å². The molecule has 0 radical (unpaired) electrons. The van der Waals surface area contributed by atoms with E-state index in [2.05, 4.69) is 4.84 Å². The molecule has 1 rings (SSSR count). The molecule has 1 fully saturated rings. The molecular formula is C7H10F3NO2. The number of rotatable bonds is 2. The van der Waals surface area contributed by atoms with Gasteiger partial charge in [0.15, 0.2) is 0 Å². The van der Waals surface area contributed by atoms with Gasteiger partial charge < -0.3 is 0 Å². The molecule has 0 N–H and O–H groups in total. The summed E-state index contributed by atoms with van der Waals surface area (Å²) in [5.74, 6) is -3.02. The van der Waals surface area contributed by atoms with Crippen molar-refractivity contribution in [1.29, 1.82) is 0 Å². The first kappa shape index (κ1) is 10.3. The molecule has 1 aliphatic rings. The summed E-state index contributed by atoms with van der Waals surface area (Å²) in [6.45, 7) is 0. The number of halogens is 3. The van der Waals surface area contributed by atoms with Gasteiger partial charge in [0, 0.05) is 7.05 Å². The first-order valence-electron chi connectivity index (χ1n) is 3.76. The lowest BCUT2D eigenvalue weighted by Crippen LogP contribution is -2.29. The van der Waals surface area contributed by atoms with E-state index in [9.17, 15) is 18.0 Å². The largest absolute Gasteiger partial charge is 0.392 e. The first-order valence-corrected chi connectivity index (χ1v) is 3.76. The van der Waals surface area contributed by atoms with E-state index in [1.807, 2.05) is 0 Å². The van der Waals surface area contributed by atoms with E-state index in [4.69, 9.17) is 0 Å². The average molecular weight is 197 g/mol. The van der Waals surface area contributed by atoms with E-state index in [1.165, 1.54) is 14.2 Å². The van der Waals surface area contributed by atoms with Crippen LogP contribution in [0.25, 0.3) is 0 Å². The molecule has 13 heavy (non-hydrogen) atoms. The van der Waals surface area contributed by atoms with Crippen molar-refractivity contribution in [3.63, 3.8) is 0 Å². The van der Waals surface area contributed by atoms with E-state index < -0.39 is 23.9 Å². The van der Waals surface area contributed by atoms with Gasteiger partial charge in [-0.15, -0.1) is 0 Å². The minimum absolute atomic E-state index is 0.115. The Labute approximate surface area is 73.4 Å². The Kier molecular flexibility index (Phi) is 2.51. The third kappa shape index (κ3) is 2.12. The predicted octanol–water partition coefficient (Wildman–Crippen LogP) is 1.20. The summed E-state index contributed by atoms with van der Waals surface area (Å²) in [7, 11) is 2.54. The molecule has 1 aliphatic carbocycles. The minimum atomic E-state index is -4.26. The van der Waals surface area contributed by atoms with Crippen LogP contribution in [0.5, 0.6) is 0 Å². The van der Waals surface area contributed by atoms with Gasteiger partial charge >= 0.3 is 6.18 Å². The summed E-state index contributed by atoms with van der Waals surface area (Å²) in [6.07, 6.45) is -4.37. The first-order chi connectivity index (χ1) is 5.88. The zero-order chi connectivity index (χ0) is 10.2. The van der Waals surface area contributed by atoms with Crippen LogP contribution < -0.4 is 0 Å². The average Bonchev–Trinajstić information content (AvgIpc) is 2.79. The Morgan fingerprint density at radius 3 is 2.38 bits per heavy atom. The van der Waals surface area contributed by atoms with Crippen LogP contribution in [0.1, 0.15) is 6.42 Å². The van der Waals surface area contributed by atoms with Crippen LogP contribution in [0.4, 0.5) is 13.2 Å². The summed E-state index contributed by atoms with van der Waals surface area (Å²) in [5, 5.41) is 0.830. The zero-order valence-electron chi connectivity index (χ0n) is 7.26. The van der Waals surface area contributed by atoms with Crippen LogP contribution >= 0.6 is 0 Å². The Bertz CT molecular complexity index is 216. The van der Waals surface area contributed by atoms with Crippen LogP contribution in [-0.2, 0) is 9.63 Å². The second kappa shape index (κ2) is 3.17. The Morgan fingerprint density at radius 2 is 2.08 bits per heavy atom. The second-order valence-corrected chi connectivity index (χ2v) is 3.01. The van der Waals surface area contributed by atoms with Gasteiger partial charge in [-0.2, -0.15) is 13.2 Å². The Morgan fingerprint density at radius 1 is 1.54 bits per heavy atom. The normalized spacial score (nSPS) is 27.2. The van der Waals surface area contributed by atoms with Gasteiger partial charge in [-0.3, -0.25) is 9.63 Å². The smallest absolute Gasteiger partial charge is 0.275 e. The summed E-state index contributed by atoms with van der Waals surface area (Å²) in [6, 6.07) is 0. The van der Waals surface area contributed by atoms with E-state index in [0.717, 1.165) is 5.06 Å². The van der Waals surface area contributed by atoms with E-state index in [0.29, 0.717) is 0 Å². The van der Waals surface area contributed by atoms with E-state index >= 15 is 0 Å². The van der Waals surface area contributed by atoms with E-state index in [-0.39, 0.29) is 6.42 Å². The highest BCUT2D eigenvalue weighted by Gasteiger charge is 2.59. The van der Waals surface area contributed by atoms with Gasteiger partial charge in [0.25, 0.3) is 0 Å². The molecule has 0 aromatic heterocycles. The van der Waals surface area contributed by atoms with Gasteiger partial charge in [-0.05, 0) is 6.42 Å². The quantitative estimate of drug-likeness (QED) is 0.622. The number of nitrogens with zero attached hydrogens (tertiary/aromatic N) is 1. The second-order valence-electron chi connectivity index (χ2n) is 3.01. The molecule has 0 bridgehead atoms. The standard InChI is InChI=1S/C7H10F3NO2/c1-11(13-2)6(12)4-3-5(4)7(8,9)10/h4-5H,3H2,1-2H3. The number of hydrogen-bond donors (Lipinski definition) is 0. The highest BCUT2D eigenvalue weighted by atomic mass is 19.4. The molecule has 0 aromatic carbocycles. The fourth-order valence-electron chi connectivity index (χ4n) is 1.15. The fraction of sp³-hybridized carbons (Fsp3) is 0.857. The number of carbonyl (C=O) groups excluding carboxylic acids is 1. The highest BCUT2D eigenvalue weighted by molar-refractivity contribution is 5.80. The molecule has 0 aromatic rings. The summed E-state index contributed by atoms with van der Waals surface area (Å²) < 4.78 is 36.0. The number of hydrogen-bond acceptors (Lipinski definition) is 2. The topological polar surface area (TPSA) is 29.5 Å². The number of hydroxylamine groups is 2.